The molecule has 136 valence electrons. The van der Waals surface area contributed by atoms with Crippen molar-refractivity contribution in [2.24, 2.45) is 0 Å². The standard InChI is InChI=1S/C19H20ClN3O2S/c1-11-9-22(10-12(2)25-11)18(24)17-8-16-13(3)21-23(19(16)26-17)15-6-4-5-14(20)7-15/h4-8,11-12H,9-10H2,1-3H3/t11-,12+. The Morgan fingerprint density at radius 1 is 1.27 bits per heavy atom. The molecule has 1 aliphatic rings. The van der Waals surface area contributed by atoms with E-state index in [1.165, 1.54) is 11.3 Å². The second-order valence-corrected chi connectivity index (χ2v) is 8.24. The highest BCUT2D eigenvalue weighted by atomic mass is 35.5. The van der Waals surface area contributed by atoms with Crippen molar-refractivity contribution in [3.05, 3.63) is 45.9 Å². The van der Waals surface area contributed by atoms with Crippen LogP contribution in [0.15, 0.2) is 30.3 Å². The molecule has 0 bridgehead atoms. The number of rotatable bonds is 2. The number of ether oxygens (including phenoxy) is 1. The van der Waals surface area contributed by atoms with E-state index in [1.54, 1.807) is 0 Å². The molecule has 2 aromatic heterocycles. The molecule has 1 amide bonds. The third kappa shape index (κ3) is 3.13. The SMILES string of the molecule is Cc1nn(-c2cccc(Cl)c2)c2sc(C(=O)N3C[C@@H](C)O[C@@H](C)C3)cc12. The largest absolute Gasteiger partial charge is 0.372 e. The van der Waals surface area contributed by atoms with Crippen LogP contribution < -0.4 is 0 Å². The molecule has 4 rings (SSSR count). The molecule has 26 heavy (non-hydrogen) atoms. The summed E-state index contributed by atoms with van der Waals surface area (Å²) in [7, 11) is 0. The van der Waals surface area contributed by atoms with Crippen LogP contribution in [0.2, 0.25) is 5.02 Å². The van der Waals surface area contributed by atoms with Gasteiger partial charge in [-0.05, 0) is 45.0 Å². The Balaban J connectivity index is 1.72. The molecule has 1 saturated heterocycles. The molecule has 0 N–H and O–H groups in total. The number of halogens is 1. The summed E-state index contributed by atoms with van der Waals surface area (Å²) in [5.41, 5.74) is 1.80. The van der Waals surface area contributed by atoms with Crippen molar-refractivity contribution in [2.45, 2.75) is 33.0 Å². The number of thiophene rings is 1. The molecule has 1 fully saturated rings. The van der Waals surface area contributed by atoms with Crippen molar-refractivity contribution < 1.29 is 9.53 Å². The van der Waals surface area contributed by atoms with Gasteiger partial charge in [0.1, 0.15) is 4.83 Å². The Morgan fingerprint density at radius 3 is 2.69 bits per heavy atom. The third-order valence-corrected chi connectivity index (χ3v) is 5.85. The third-order valence-electron chi connectivity index (χ3n) is 4.52. The summed E-state index contributed by atoms with van der Waals surface area (Å²) in [6, 6.07) is 9.53. The van der Waals surface area contributed by atoms with E-state index in [1.807, 2.05) is 60.7 Å². The van der Waals surface area contributed by atoms with Crippen LogP contribution in [0.3, 0.4) is 0 Å². The molecule has 1 aliphatic heterocycles. The smallest absolute Gasteiger partial charge is 0.264 e. The molecule has 7 heteroatoms. The highest BCUT2D eigenvalue weighted by Crippen LogP contribution is 2.32. The molecule has 5 nitrogen and oxygen atoms in total. The number of hydrogen-bond acceptors (Lipinski definition) is 4. The quantitative estimate of drug-likeness (QED) is 0.656. The topological polar surface area (TPSA) is 47.4 Å². The van der Waals surface area contributed by atoms with Crippen LogP contribution in [0.1, 0.15) is 29.2 Å². The van der Waals surface area contributed by atoms with E-state index in [0.29, 0.717) is 18.1 Å². The minimum atomic E-state index is 0.0563. The predicted molar refractivity (Wildman–Crippen MR) is 105 cm³/mol. The Labute approximate surface area is 161 Å². The fourth-order valence-corrected chi connectivity index (χ4v) is 4.77. The molecular weight excluding hydrogens is 370 g/mol. The zero-order chi connectivity index (χ0) is 18.4. The highest BCUT2D eigenvalue weighted by Gasteiger charge is 2.28. The molecule has 0 saturated carbocycles. The highest BCUT2D eigenvalue weighted by molar-refractivity contribution is 7.20. The van der Waals surface area contributed by atoms with Crippen molar-refractivity contribution in [1.29, 1.82) is 0 Å². The van der Waals surface area contributed by atoms with E-state index in [2.05, 4.69) is 5.10 Å². The average molecular weight is 390 g/mol. The zero-order valence-electron chi connectivity index (χ0n) is 14.9. The van der Waals surface area contributed by atoms with Gasteiger partial charge in [0.2, 0.25) is 0 Å². The molecule has 3 aromatic rings. The fourth-order valence-electron chi connectivity index (χ4n) is 3.44. The van der Waals surface area contributed by atoms with Gasteiger partial charge in [-0.15, -0.1) is 11.3 Å². The first-order valence-electron chi connectivity index (χ1n) is 8.62. The number of amides is 1. The first-order valence-corrected chi connectivity index (χ1v) is 9.81. The van der Waals surface area contributed by atoms with E-state index >= 15 is 0 Å². The van der Waals surface area contributed by atoms with Crippen LogP contribution in [-0.2, 0) is 4.74 Å². The normalized spacial score (nSPS) is 20.7. The number of aromatic nitrogens is 2. The molecule has 0 radical (unpaired) electrons. The van der Waals surface area contributed by atoms with Crippen molar-refractivity contribution in [3.63, 3.8) is 0 Å². The summed E-state index contributed by atoms with van der Waals surface area (Å²) in [5.74, 6) is 0.0604. The van der Waals surface area contributed by atoms with Gasteiger partial charge in [0.25, 0.3) is 5.91 Å². The van der Waals surface area contributed by atoms with Crippen LogP contribution in [-0.4, -0.2) is 45.9 Å². The summed E-state index contributed by atoms with van der Waals surface area (Å²) < 4.78 is 7.60. The van der Waals surface area contributed by atoms with Crippen molar-refractivity contribution in [3.8, 4) is 5.69 Å². The number of hydrogen-bond donors (Lipinski definition) is 0. The molecule has 0 unspecified atom stereocenters. The summed E-state index contributed by atoms with van der Waals surface area (Å²) in [4.78, 5) is 16.6. The van der Waals surface area contributed by atoms with Gasteiger partial charge in [-0.25, -0.2) is 4.68 Å². The van der Waals surface area contributed by atoms with Gasteiger partial charge < -0.3 is 9.64 Å². The molecule has 2 atom stereocenters. The second-order valence-electron chi connectivity index (χ2n) is 6.77. The summed E-state index contributed by atoms with van der Waals surface area (Å²) in [5, 5.41) is 6.29. The summed E-state index contributed by atoms with van der Waals surface area (Å²) in [6.45, 7) is 7.21. The molecule has 0 aliphatic carbocycles. The number of nitrogens with zero attached hydrogens (tertiary/aromatic N) is 3. The van der Waals surface area contributed by atoms with Gasteiger partial charge in [-0.1, -0.05) is 17.7 Å². The lowest BCUT2D eigenvalue weighted by molar-refractivity contribution is -0.0585. The molecule has 1 aromatic carbocycles. The van der Waals surface area contributed by atoms with Gasteiger partial charge in [0.05, 0.1) is 28.5 Å². The maximum Gasteiger partial charge on any atom is 0.264 e. The monoisotopic (exact) mass is 389 g/mol. The Morgan fingerprint density at radius 2 is 2.00 bits per heavy atom. The summed E-state index contributed by atoms with van der Waals surface area (Å²) >= 11 is 7.60. The van der Waals surface area contributed by atoms with Gasteiger partial charge in [-0.2, -0.15) is 5.10 Å². The second kappa shape index (κ2) is 6.68. The molecular formula is C19H20ClN3O2S. The fraction of sp³-hybridized carbons (Fsp3) is 0.368. The first-order chi connectivity index (χ1) is 12.4. The lowest BCUT2D eigenvalue weighted by Gasteiger charge is -2.35. The Bertz CT molecular complexity index is 970. The maximum absolute atomic E-state index is 13.0. The number of carbonyl (C=O) groups is 1. The minimum absolute atomic E-state index is 0.0563. The lowest BCUT2D eigenvalue weighted by atomic mass is 10.2. The lowest BCUT2D eigenvalue weighted by Crippen LogP contribution is -2.48. The number of carbonyl (C=O) groups excluding carboxylic acids is 1. The molecule has 3 heterocycles. The van der Waals surface area contributed by atoms with E-state index in [0.717, 1.165) is 26.5 Å². The maximum atomic E-state index is 13.0. The van der Waals surface area contributed by atoms with Crippen LogP contribution in [0.5, 0.6) is 0 Å². The molecule has 0 spiro atoms. The first kappa shape index (κ1) is 17.5. The average Bonchev–Trinajstić information content (AvgIpc) is 3.14. The van der Waals surface area contributed by atoms with Crippen LogP contribution in [0, 0.1) is 6.92 Å². The van der Waals surface area contributed by atoms with Gasteiger partial charge in [0.15, 0.2) is 0 Å². The van der Waals surface area contributed by atoms with E-state index in [-0.39, 0.29) is 18.1 Å². The number of fused-ring (bicyclic) bond motifs is 1. The van der Waals surface area contributed by atoms with Crippen molar-refractivity contribution >= 4 is 39.1 Å². The van der Waals surface area contributed by atoms with Crippen molar-refractivity contribution in [1.82, 2.24) is 14.7 Å². The van der Waals surface area contributed by atoms with Crippen molar-refractivity contribution in [2.75, 3.05) is 13.1 Å². The number of benzene rings is 1. The Hall–Kier alpha value is -1.89. The van der Waals surface area contributed by atoms with Gasteiger partial charge in [0, 0.05) is 23.5 Å². The van der Waals surface area contributed by atoms with E-state index in [4.69, 9.17) is 16.3 Å². The van der Waals surface area contributed by atoms with E-state index < -0.39 is 0 Å². The Kier molecular flexibility index (Phi) is 4.50. The minimum Gasteiger partial charge on any atom is -0.372 e. The van der Waals surface area contributed by atoms with Crippen LogP contribution in [0.25, 0.3) is 15.9 Å². The predicted octanol–water partition coefficient (Wildman–Crippen LogP) is 4.30. The van der Waals surface area contributed by atoms with Crippen LogP contribution >= 0.6 is 22.9 Å². The van der Waals surface area contributed by atoms with Crippen LogP contribution in [0.4, 0.5) is 0 Å². The summed E-state index contributed by atoms with van der Waals surface area (Å²) in [6.07, 6.45) is 0.113. The number of morpholine rings is 1. The number of aryl methyl sites for hydroxylation is 1. The zero-order valence-corrected chi connectivity index (χ0v) is 16.5. The van der Waals surface area contributed by atoms with Gasteiger partial charge in [-0.3, -0.25) is 4.79 Å². The van der Waals surface area contributed by atoms with Gasteiger partial charge >= 0.3 is 0 Å². The van der Waals surface area contributed by atoms with E-state index in [9.17, 15) is 4.79 Å².